The van der Waals surface area contributed by atoms with Gasteiger partial charge in [-0.05, 0) is 25.0 Å². The van der Waals surface area contributed by atoms with E-state index in [0.717, 1.165) is 6.42 Å². The van der Waals surface area contributed by atoms with E-state index in [2.05, 4.69) is 5.32 Å². The van der Waals surface area contributed by atoms with Crippen molar-refractivity contribution in [3.8, 4) is 0 Å². The van der Waals surface area contributed by atoms with Gasteiger partial charge in [-0.2, -0.15) is 0 Å². The second-order valence-corrected chi connectivity index (χ2v) is 5.35. The molecule has 1 aromatic rings. The summed E-state index contributed by atoms with van der Waals surface area (Å²) in [7, 11) is 0. The van der Waals surface area contributed by atoms with Crippen LogP contribution in [0.4, 0.5) is 4.39 Å². The summed E-state index contributed by atoms with van der Waals surface area (Å²) in [5, 5.41) is 12.8. The number of hydrogen-bond acceptors (Lipinski definition) is 2. The van der Waals surface area contributed by atoms with E-state index in [9.17, 15) is 14.3 Å². The highest BCUT2D eigenvalue weighted by Crippen LogP contribution is 2.21. The normalized spacial score (nSPS) is 15.7. The number of halogens is 2. The molecule has 1 amide bonds. The lowest BCUT2D eigenvalue weighted by atomic mass is 9.88. The van der Waals surface area contributed by atoms with Crippen molar-refractivity contribution in [1.82, 2.24) is 5.32 Å². The molecule has 106 valence electrons. The number of carbonyl (C=O) groups excluding carboxylic acids is 1. The number of hydrogen-bond donors (Lipinski definition) is 2. The molecule has 3 nitrogen and oxygen atoms in total. The monoisotopic (exact) mass is 287 g/mol. The summed E-state index contributed by atoms with van der Waals surface area (Å²) in [5.41, 5.74) is -1.23. The maximum absolute atomic E-state index is 13.5. The summed E-state index contributed by atoms with van der Waals surface area (Å²) in [6, 6.07) is 4.06. The van der Waals surface area contributed by atoms with Gasteiger partial charge in [-0.15, -0.1) is 0 Å². The molecule has 2 N–H and O–H groups in total. The van der Waals surface area contributed by atoms with Crippen molar-refractivity contribution in [1.29, 1.82) is 0 Å². The van der Waals surface area contributed by atoms with Gasteiger partial charge < -0.3 is 10.4 Å². The minimum atomic E-state index is -1.04. The molecule has 2 atom stereocenters. The Morgan fingerprint density at radius 1 is 1.58 bits per heavy atom. The molecule has 2 unspecified atom stereocenters. The molecule has 0 aliphatic heterocycles. The Kier molecular flexibility index (Phi) is 5.32. The van der Waals surface area contributed by atoms with Gasteiger partial charge in [0.05, 0.1) is 16.2 Å². The second kappa shape index (κ2) is 6.35. The van der Waals surface area contributed by atoms with E-state index in [1.165, 1.54) is 18.2 Å². The van der Waals surface area contributed by atoms with Gasteiger partial charge in [-0.3, -0.25) is 4.79 Å². The van der Waals surface area contributed by atoms with Crippen molar-refractivity contribution in [3.05, 3.63) is 34.6 Å². The Morgan fingerprint density at radius 2 is 2.21 bits per heavy atom. The van der Waals surface area contributed by atoms with Crippen molar-refractivity contribution in [2.24, 2.45) is 5.92 Å². The molecular formula is C14H19ClFNO2. The SMILES string of the molecule is CCC(C)C(C)(O)CNC(=O)c1c(F)cccc1Cl. The van der Waals surface area contributed by atoms with Gasteiger partial charge in [0.25, 0.3) is 5.91 Å². The Hall–Kier alpha value is -1.13. The lowest BCUT2D eigenvalue weighted by molar-refractivity contribution is 0.00588. The average Bonchev–Trinajstić information content (AvgIpc) is 2.35. The predicted octanol–water partition coefficient (Wildman–Crippen LogP) is 3.01. The van der Waals surface area contributed by atoms with Gasteiger partial charge in [-0.25, -0.2) is 4.39 Å². The van der Waals surface area contributed by atoms with Crippen LogP contribution in [0.2, 0.25) is 5.02 Å². The van der Waals surface area contributed by atoms with E-state index in [0.29, 0.717) is 0 Å². The van der Waals surface area contributed by atoms with E-state index in [4.69, 9.17) is 11.6 Å². The molecule has 19 heavy (non-hydrogen) atoms. The van der Waals surface area contributed by atoms with Crippen LogP contribution in [-0.4, -0.2) is 23.2 Å². The lowest BCUT2D eigenvalue weighted by Crippen LogP contribution is -2.45. The van der Waals surface area contributed by atoms with Gasteiger partial charge in [-0.1, -0.05) is 37.9 Å². The third-order valence-electron chi connectivity index (χ3n) is 3.47. The molecule has 0 saturated carbocycles. The molecule has 0 aliphatic carbocycles. The molecule has 0 aliphatic rings. The Bertz CT molecular complexity index is 443. The highest BCUT2D eigenvalue weighted by molar-refractivity contribution is 6.33. The standard InChI is InChI=1S/C14H19ClFNO2/c1-4-9(2)14(3,19)8-17-13(18)12-10(15)6-5-7-11(12)16/h5-7,9,19H,4,8H2,1-3H3,(H,17,18). The van der Waals surface area contributed by atoms with Gasteiger partial charge in [0.2, 0.25) is 0 Å². The molecular weight excluding hydrogens is 269 g/mol. The summed E-state index contributed by atoms with van der Waals surface area (Å²) in [4.78, 5) is 11.9. The van der Waals surface area contributed by atoms with E-state index in [1.54, 1.807) is 6.92 Å². The largest absolute Gasteiger partial charge is 0.388 e. The van der Waals surface area contributed by atoms with Crippen LogP contribution in [0.5, 0.6) is 0 Å². The van der Waals surface area contributed by atoms with Gasteiger partial charge >= 0.3 is 0 Å². The molecule has 1 rings (SSSR count). The molecule has 0 bridgehead atoms. The Morgan fingerprint density at radius 3 is 2.74 bits per heavy atom. The fourth-order valence-corrected chi connectivity index (χ4v) is 1.93. The van der Waals surface area contributed by atoms with Crippen molar-refractivity contribution < 1.29 is 14.3 Å². The summed E-state index contributed by atoms with van der Waals surface area (Å²) < 4.78 is 13.5. The van der Waals surface area contributed by atoms with E-state index in [1.807, 2.05) is 13.8 Å². The topological polar surface area (TPSA) is 49.3 Å². The second-order valence-electron chi connectivity index (χ2n) is 4.95. The first kappa shape index (κ1) is 15.9. The minimum Gasteiger partial charge on any atom is -0.388 e. The fraction of sp³-hybridized carbons (Fsp3) is 0.500. The minimum absolute atomic E-state index is 0.0175. The summed E-state index contributed by atoms with van der Waals surface area (Å²) >= 11 is 5.80. The smallest absolute Gasteiger partial charge is 0.255 e. The molecule has 0 saturated heterocycles. The maximum atomic E-state index is 13.5. The number of carbonyl (C=O) groups is 1. The molecule has 5 heteroatoms. The first-order chi connectivity index (χ1) is 8.79. The van der Waals surface area contributed by atoms with Crippen LogP contribution >= 0.6 is 11.6 Å². The first-order valence-electron chi connectivity index (χ1n) is 6.24. The molecule has 0 heterocycles. The van der Waals surface area contributed by atoms with Crippen LogP contribution < -0.4 is 5.32 Å². The third-order valence-corrected chi connectivity index (χ3v) is 3.79. The van der Waals surface area contributed by atoms with Crippen molar-refractivity contribution in [2.45, 2.75) is 32.8 Å². The van der Waals surface area contributed by atoms with Gasteiger partial charge in [0.1, 0.15) is 5.82 Å². The molecule has 0 spiro atoms. The zero-order chi connectivity index (χ0) is 14.6. The van der Waals surface area contributed by atoms with Crippen LogP contribution in [0.15, 0.2) is 18.2 Å². The molecule has 0 fully saturated rings. The number of aliphatic hydroxyl groups is 1. The van der Waals surface area contributed by atoms with E-state index < -0.39 is 17.3 Å². The van der Waals surface area contributed by atoms with Gasteiger partial charge in [0.15, 0.2) is 0 Å². The zero-order valence-corrected chi connectivity index (χ0v) is 12.1. The number of amides is 1. The number of nitrogens with one attached hydrogen (secondary N) is 1. The molecule has 0 aromatic heterocycles. The van der Waals surface area contributed by atoms with Crippen LogP contribution in [0.25, 0.3) is 0 Å². The van der Waals surface area contributed by atoms with Crippen molar-refractivity contribution in [2.75, 3.05) is 6.54 Å². The quantitative estimate of drug-likeness (QED) is 0.875. The molecule has 1 aromatic carbocycles. The van der Waals surface area contributed by atoms with E-state index in [-0.39, 0.29) is 23.0 Å². The van der Waals surface area contributed by atoms with Gasteiger partial charge in [0, 0.05) is 6.54 Å². The van der Waals surface area contributed by atoms with Crippen molar-refractivity contribution in [3.63, 3.8) is 0 Å². The number of benzene rings is 1. The maximum Gasteiger partial charge on any atom is 0.255 e. The summed E-state index contributed by atoms with van der Waals surface area (Å²) in [6.07, 6.45) is 0.781. The summed E-state index contributed by atoms with van der Waals surface area (Å²) in [6.45, 7) is 5.53. The van der Waals surface area contributed by atoms with Crippen LogP contribution in [0.1, 0.15) is 37.6 Å². The zero-order valence-electron chi connectivity index (χ0n) is 11.3. The Labute approximate surface area is 117 Å². The van der Waals surface area contributed by atoms with Crippen LogP contribution in [0.3, 0.4) is 0 Å². The average molecular weight is 288 g/mol. The predicted molar refractivity (Wildman–Crippen MR) is 73.8 cm³/mol. The first-order valence-corrected chi connectivity index (χ1v) is 6.62. The third kappa shape index (κ3) is 3.91. The van der Waals surface area contributed by atoms with Crippen LogP contribution in [-0.2, 0) is 0 Å². The Balaban J connectivity index is 2.76. The van der Waals surface area contributed by atoms with Crippen molar-refractivity contribution >= 4 is 17.5 Å². The molecule has 0 radical (unpaired) electrons. The lowest BCUT2D eigenvalue weighted by Gasteiger charge is -2.29. The van der Waals surface area contributed by atoms with E-state index >= 15 is 0 Å². The van der Waals surface area contributed by atoms with Crippen LogP contribution in [0, 0.1) is 11.7 Å². The summed E-state index contributed by atoms with van der Waals surface area (Å²) in [5.74, 6) is -1.27. The number of rotatable bonds is 5. The highest BCUT2D eigenvalue weighted by Gasteiger charge is 2.28. The fourth-order valence-electron chi connectivity index (χ4n) is 1.68. The highest BCUT2D eigenvalue weighted by atomic mass is 35.5.